The second-order valence-corrected chi connectivity index (χ2v) is 5.74. The maximum Gasteiger partial charge on any atom is 0.226 e. The van der Waals surface area contributed by atoms with Crippen LogP contribution in [0.15, 0.2) is 6.07 Å². The third kappa shape index (κ3) is 2.59. The number of carbonyl (C=O) groups excluding carboxylic acids is 1. The molecule has 20 heavy (non-hydrogen) atoms. The minimum Gasteiger partial charge on any atom is -0.381 e. The maximum absolute atomic E-state index is 12.1. The van der Waals surface area contributed by atoms with E-state index in [-0.39, 0.29) is 23.5 Å². The van der Waals surface area contributed by atoms with E-state index in [9.17, 15) is 4.79 Å². The molecule has 5 heteroatoms. The molecule has 2 rings (SSSR count). The van der Waals surface area contributed by atoms with Crippen LogP contribution >= 0.6 is 0 Å². The predicted octanol–water partition coefficient (Wildman–Crippen LogP) is 1.97. The minimum absolute atomic E-state index is 0.0438. The summed E-state index contributed by atoms with van der Waals surface area (Å²) in [6.07, 6.45) is 3.55. The van der Waals surface area contributed by atoms with Crippen molar-refractivity contribution < 1.29 is 9.53 Å². The zero-order chi connectivity index (χ0) is 14.8. The quantitative estimate of drug-likeness (QED) is 0.836. The number of hydrogen-bond donors (Lipinski definition) is 2. The smallest absolute Gasteiger partial charge is 0.226 e. The molecule has 1 fully saturated rings. The molecule has 1 aliphatic carbocycles. The number of nitrogens with zero attached hydrogens (tertiary/aromatic N) is 1. The molecule has 0 radical (unpaired) electrons. The zero-order valence-corrected chi connectivity index (χ0v) is 12.8. The Morgan fingerprint density at radius 1 is 1.55 bits per heavy atom. The number of ether oxygens (including phenoxy) is 1. The van der Waals surface area contributed by atoms with E-state index in [2.05, 4.69) is 29.4 Å². The Morgan fingerprint density at radius 3 is 2.75 bits per heavy atom. The molecule has 2 N–H and O–H groups in total. The first-order valence-electron chi connectivity index (χ1n) is 7.38. The summed E-state index contributed by atoms with van der Waals surface area (Å²) < 4.78 is 5.55. The van der Waals surface area contributed by atoms with Crippen LogP contribution in [0.3, 0.4) is 0 Å². The fraction of sp³-hybridized carbons (Fsp3) is 0.733. The average molecular weight is 279 g/mol. The van der Waals surface area contributed by atoms with Gasteiger partial charge in [0.2, 0.25) is 5.91 Å². The van der Waals surface area contributed by atoms with Gasteiger partial charge in [-0.3, -0.25) is 9.89 Å². The molecule has 2 atom stereocenters. The van der Waals surface area contributed by atoms with Gasteiger partial charge in [0.1, 0.15) is 0 Å². The summed E-state index contributed by atoms with van der Waals surface area (Å²) in [5, 5.41) is 10.1. The minimum atomic E-state index is 0.0438. The van der Waals surface area contributed by atoms with Crippen LogP contribution in [-0.4, -0.2) is 35.4 Å². The summed E-state index contributed by atoms with van der Waals surface area (Å²) in [6, 6.07) is 2.13. The number of H-pyrrole nitrogens is 1. The van der Waals surface area contributed by atoms with Crippen molar-refractivity contribution in [3.63, 3.8) is 0 Å². The van der Waals surface area contributed by atoms with Gasteiger partial charge in [-0.15, -0.1) is 0 Å². The van der Waals surface area contributed by atoms with E-state index in [4.69, 9.17) is 4.74 Å². The number of nitrogens with one attached hydrogen (secondary N) is 2. The third-order valence-electron chi connectivity index (χ3n) is 4.82. The highest BCUT2D eigenvalue weighted by Crippen LogP contribution is 2.48. The monoisotopic (exact) mass is 279 g/mol. The molecule has 0 unspecified atom stereocenters. The molecular weight excluding hydrogens is 254 g/mol. The van der Waals surface area contributed by atoms with Crippen LogP contribution in [0.25, 0.3) is 0 Å². The molecule has 0 aliphatic heterocycles. The highest BCUT2D eigenvalue weighted by Gasteiger charge is 2.53. The van der Waals surface area contributed by atoms with E-state index >= 15 is 0 Å². The van der Waals surface area contributed by atoms with Crippen molar-refractivity contribution in [2.45, 2.75) is 58.6 Å². The number of amides is 1. The topological polar surface area (TPSA) is 67.0 Å². The van der Waals surface area contributed by atoms with Crippen LogP contribution < -0.4 is 5.32 Å². The first kappa shape index (κ1) is 15.0. The summed E-state index contributed by atoms with van der Waals surface area (Å²) in [5.74, 6) is 0.0438. The molecule has 1 amide bonds. The first-order chi connectivity index (χ1) is 9.55. The largest absolute Gasteiger partial charge is 0.381 e. The second-order valence-electron chi connectivity index (χ2n) is 5.74. The fourth-order valence-electron chi connectivity index (χ4n) is 3.45. The highest BCUT2D eigenvalue weighted by atomic mass is 16.5. The van der Waals surface area contributed by atoms with Gasteiger partial charge in [0.05, 0.1) is 18.2 Å². The molecule has 112 valence electrons. The van der Waals surface area contributed by atoms with E-state index in [1.54, 1.807) is 7.11 Å². The number of aryl methyl sites for hydroxylation is 1. The summed E-state index contributed by atoms with van der Waals surface area (Å²) in [6.45, 7) is 6.28. The third-order valence-corrected chi connectivity index (χ3v) is 4.82. The Bertz CT molecular complexity index is 465. The summed E-state index contributed by atoms with van der Waals surface area (Å²) in [7, 11) is 1.76. The highest BCUT2D eigenvalue weighted by molar-refractivity contribution is 5.78. The lowest BCUT2D eigenvalue weighted by molar-refractivity contribution is -0.140. The lowest BCUT2D eigenvalue weighted by Crippen LogP contribution is -2.64. The van der Waals surface area contributed by atoms with Crippen LogP contribution in [0.1, 0.15) is 44.5 Å². The molecule has 1 saturated carbocycles. The van der Waals surface area contributed by atoms with Crippen molar-refractivity contribution >= 4 is 5.91 Å². The molecule has 0 saturated heterocycles. The molecule has 1 heterocycles. The number of aromatic amines is 1. The normalized spacial score (nSPS) is 24.2. The molecule has 0 bridgehead atoms. The number of rotatable bonds is 6. The van der Waals surface area contributed by atoms with E-state index < -0.39 is 0 Å². The van der Waals surface area contributed by atoms with Crippen LogP contribution in [-0.2, 0) is 16.0 Å². The number of carbonyl (C=O) groups is 1. The fourth-order valence-corrected chi connectivity index (χ4v) is 3.45. The van der Waals surface area contributed by atoms with Crippen molar-refractivity contribution in [3.05, 3.63) is 17.5 Å². The molecule has 1 aliphatic rings. The predicted molar refractivity (Wildman–Crippen MR) is 77.4 cm³/mol. The first-order valence-corrected chi connectivity index (χ1v) is 7.38. The molecule has 1 aromatic heterocycles. The lowest BCUT2D eigenvalue weighted by atomic mass is 9.58. The Morgan fingerprint density at radius 2 is 2.25 bits per heavy atom. The molecule has 0 aromatic carbocycles. The number of hydrogen-bond acceptors (Lipinski definition) is 3. The van der Waals surface area contributed by atoms with Gasteiger partial charge in [-0.25, -0.2) is 0 Å². The number of aromatic nitrogens is 2. The number of methoxy groups -OCH3 is 1. The lowest BCUT2D eigenvalue weighted by Gasteiger charge is -2.55. The summed E-state index contributed by atoms with van der Waals surface area (Å²) in [5.41, 5.74) is 1.86. The van der Waals surface area contributed by atoms with Gasteiger partial charge in [-0.1, -0.05) is 13.8 Å². The van der Waals surface area contributed by atoms with Crippen LogP contribution in [0.2, 0.25) is 0 Å². The van der Waals surface area contributed by atoms with Crippen molar-refractivity contribution in [2.24, 2.45) is 5.41 Å². The van der Waals surface area contributed by atoms with Crippen molar-refractivity contribution in [3.8, 4) is 0 Å². The molecule has 5 nitrogen and oxygen atoms in total. The van der Waals surface area contributed by atoms with E-state index in [0.717, 1.165) is 30.7 Å². The Labute approximate surface area is 120 Å². The SMILES string of the molecule is CCC1(CC)[C@@H](OC)C[C@H]1NC(=O)Cc1cc(C)[nH]n1. The van der Waals surface area contributed by atoms with E-state index in [1.165, 1.54) is 0 Å². The Hall–Kier alpha value is -1.36. The van der Waals surface area contributed by atoms with Gasteiger partial charge in [-0.2, -0.15) is 5.10 Å². The van der Waals surface area contributed by atoms with Crippen molar-refractivity contribution in [1.29, 1.82) is 0 Å². The van der Waals surface area contributed by atoms with Gasteiger partial charge >= 0.3 is 0 Å². The van der Waals surface area contributed by atoms with Gasteiger partial charge in [0, 0.05) is 24.3 Å². The molecule has 0 spiro atoms. The van der Waals surface area contributed by atoms with Gasteiger partial charge in [-0.05, 0) is 32.3 Å². The van der Waals surface area contributed by atoms with Gasteiger partial charge < -0.3 is 10.1 Å². The summed E-state index contributed by atoms with van der Waals surface area (Å²) in [4.78, 5) is 12.1. The Balaban J connectivity index is 1.94. The average Bonchev–Trinajstić information content (AvgIpc) is 2.81. The van der Waals surface area contributed by atoms with Crippen molar-refractivity contribution in [1.82, 2.24) is 15.5 Å². The van der Waals surface area contributed by atoms with Crippen LogP contribution in [0.5, 0.6) is 0 Å². The van der Waals surface area contributed by atoms with Crippen molar-refractivity contribution in [2.75, 3.05) is 7.11 Å². The van der Waals surface area contributed by atoms with E-state index in [0.29, 0.717) is 6.42 Å². The van der Waals surface area contributed by atoms with Gasteiger partial charge in [0.25, 0.3) is 0 Å². The molecular formula is C15H25N3O2. The van der Waals surface area contributed by atoms with Crippen LogP contribution in [0.4, 0.5) is 0 Å². The standard InChI is InChI=1S/C15H25N3O2/c1-5-15(6-2)12(9-13(15)20-4)16-14(19)8-11-7-10(3)17-18-11/h7,12-13H,5-6,8-9H2,1-4H3,(H,16,19)(H,17,18)/t12-,13+/m1/s1. The van der Waals surface area contributed by atoms with Crippen LogP contribution in [0, 0.1) is 12.3 Å². The molecule has 1 aromatic rings. The van der Waals surface area contributed by atoms with E-state index in [1.807, 2.05) is 13.0 Å². The second kappa shape index (κ2) is 5.95. The summed E-state index contributed by atoms with van der Waals surface area (Å²) >= 11 is 0. The maximum atomic E-state index is 12.1. The Kier molecular flexibility index (Phi) is 4.48. The van der Waals surface area contributed by atoms with Gasteiger partial charge in [0.15, 0.2) is 0 Å². The zero-order valence-electron chi connectivity index (χ0n) is 12.8.